The van der Waals surface area contributed by atoms with Crippen LogP contribution in [0.25, 0.3) is 0 Å². The maximum atomic E-state index is 11.7. The number of nitrogens with zero attached hydrogens (tertiary/aromatic N) is 1. The van der Waals surface area contributed by atoms with Crippen LogP contribution in [0.5, 0.6) is 0 Å². The number of likely N-dealkylation sites (N-methyl/N-ethyl adjacent to an activating group) is 2. The monoisotopic (exact) mass is 229 g/mol. The first-order chi connectivity index (χ1) is 7.51. The summed E-state index contributed by atoms with van der Waals surface area (Å²) in [6.07, 6.45) is 1.07. The predicted octanol–water partition coefficient (Wildman–Crippen LogP) is 0.0984. The summed E-state index contributed by atoms with van der Waals surface area (Å²) in [4.78, 5) is 24.6. The van der Waals surface area contributed by atoms with Gasteiger partial charge in [0.2, 0.25) is 11.8 Å². The maximum absolute atomic E-state index is 11.7. The van der Waals surface area contributed by atoms with Crippen LogP contribution in [0.3, 0.4) is 0 Å². The van der Waals surface area contributed by atoms with Crippen molar-refractivity contribution >= 4 is 11.8 Å². The van der Waals surface area contributed by atoms with Crippen molar-refractivity contribution in [3.05, 3.63) is 0 Å². The first kappa shape index (κ1) is 14.9. The molecule has 0 aliphatic rings. The molecule has 0 radical (unpaired) electrons. The molecule has 0 spiro atoms. The highest BCUT2D eigenvalue weighted by atomic mass is 16.2. The van der Waals surface area contributed by atoms with E-state index >= 15 is 0 Å². The number of nitrogens with two attached hydrogens (primary N) is 1. The zero-order chi connectivity index (χ0) is 12.6. The van der Waals surface area contributed by atoms with Gasteiger partial charge in [-0.05, 0) is 27.2 Å². The summed E-state index contributed by atoms with van der Waals surface area (Å²) in [5.41, 5.74) is 5.58. The van der Waals surface area contributed by atoms with Crippen molar-refractivity contribution in [2.45, 2.75) is 39.7 Å². The third-order valence-electron chi connectivity index (χ3n) is 2.26. The standard InChI is InChI=1S/C11H23N3O2/c1-4-13-10(15)8-14(5-2)11(16)7-6-9(3)12/h9H,4-8,12H2,1-3H3,(H,13,15). The lowest BCUT2D eigenvalue weighted by atomic mass is 10.2. The summed E-state index contributed by atoms with van der Waals surface area (Å²) in [5, 5.41) is 2.67. The van der Waals surface area contributed by atoms with Gasteiger partial charge in [0.05, 0.1) is 6.54 Å². The quantitative estimate of drug-likeness (QED) is 0.650. The van der Waals surface area contributed by atoms with Gasteiger partial charge in [-0.15, -0.1) is 0 Å². The Morgan fingerprint density at radius 1 is 1.38 bits per heavy atom. The van der Waals surface area contributed by atoms with E-state index in [0.717, 1.165) is 0 Å². The van der Waals surface area contributed by atoms with Gasteiger partial charge in [-0.3, -0.25) is 9.59 Å². The smallest absolute Gasteiger partial charge is 0.239 e. The van der Waals surface area contributed by atoms with E-state index in [-0.39, 0.29) is 24.4 Å². The highest BCUT2D eigenvalue weighted by molar-refractivity contribution is 5.84. The first-order valence-corrected chi connectivity index (χ1v) is 5.81. The number of rotatable bonds is 7. The van der Waals surface area contributed by atoms with Crippen molar-refractivity contribution in [2.75, 3.05) is 19.6 Å². The van der Waals surface area contributed by atoms with Crippen molar-refractivity contribution in [1.82, 2.24) is 10.2 Å². The highest BCUT2D eigenvalue weighted by Crippen LogP contribution is 2.00. The second-order valence-corrected chi connectivity index (χ2v) is 3.88. The normalized spacial score (nSPS) is 12.0. The van der Waals surface area contributed by atoms with Crippen molar-refractivity contribution < 1.29 is 9.59 Å². The second-order valence-electron chi connectivity index (χ2n) is 3.88. The minimum Gasteiger partial charge on any atom is -0.355 e. The molecule has 0 heterocycles. The summed E-state index contributed by atoms with van der Waals surface area (Å²) >= 11 is 0. The van der Waals surface area contributed by atoms with E-state index in [2.05, 4.69) is 5.32 Å². The Balaban J connectivity index is 4.06. The summed E-state index contributed by atoms with van der Waals surface area (Å²) in [5.74, 6) is -0.121. The summed E-state index contributed by atoms with van der Waals surface area (Å²) in [6, 6.07) is 0.0205. The lowest BCUT2D eigenvalue weighted by molar-refractivity contribution is -0.136. The van der Waals surface area contributed by atoms with E-state index in [4.69, 9.17) is 5.73 Å². The second kappa shape index (κ2) is 8.10. The van der Waals surface area contributed by atoms with Crippen LogP contribution in [0.4, 0.5) is 0 Å². The SMILES string of the molecule is CCNC(=O)CN(CC)C(=O)CCC(C)N. The number of nitrogens with one attached hydrogen (secondary N) is 1. The molecule has 16 heavy (non-hydrogen) atoms. The molecule has 0 aromatic rings. The van der Waals surface area contributed by atoms with E-state index in [1.165, 1.54) is 0 Å². The number of carbonyl (C=O) groups is 2. The van der Waals surface area contributed by atoms with Crippen LogP contribution in [-0.2, 0) is 9.59 Å². The van der Waals surface area contributed by atoms with Crippen LogP contribution in [0.1, 0.15) is 33.6 Å². The highest BCUT2D eigenvalue weighted by Gasteiger charge is 2.14. The Morgan fingerprint density at radius 2 is 2.00 bits per heavy atom. The van der Waals surface area contributed by atoms with Gasteiger partial charge in [0, 0.05) is 25.6 Å². The molecule has 1 atom stereocenters. The molecule has 0 bridgehead atoms. The number of carbonyl (C=O) groups excluding carboxylic acids is 2. The summed E-state index contributed by atoms with van der Waals surface area (Å²) in [6.45, 7) is 6.87. The number of hydrogen-bond donors (Lipinski definition) is 2. The van der Waals surface area contributed by atoms with Crippen LogP contribution >= 0.6 is 0 Å². The Bertz CT molecular complexity index is 229. The molecule has 0 saturated heterocycles. The van der Waals surface area contributed by atoms with Crippen LogP contribution < -0.4 is 11.1 Å². The van der Waals surface area contributed by atoms with Gasteiger partial charge in [0.25, 0.3) is 0 Å². The molecule has 2 amide bonds. The molecular formula is C11H23N3O2. The molecule has 0 saturated carbocycles. The molecule has 0 aromatic heterocycles. The molecule has 5 heteroatoms. The maximum Gasteiger partial charge on any atom is 0.239 e. The Hall–Kier alpha value is -1.10. The van der Waals surface area contributed by atoms with E-state index in [1.54, 1.807) is 4.90 Å². The predicted molar refractivity (Wildman–Crippen MR) is 63.8 cm³/mol. The minimum absolute atomic E-state index is 0.00828. The van der Waals surface area contributed by atoms with Crippen LogP contribution in [-0.4, -0.2) is 42.4 Å². The van der Waals surface area contributed by atoms with Gasteiger partial charge in [0.1, 0.15) is 0 Å². The molecule has 0 aliphatic carbocycles. The Kier molecular flexibility index (Phi) is 7.54. The third kappa shape index (κ3) is 6.40. The van der Waals surface area contributed by atoms with E-state index in [0.29, 0.717) is 25.9 Å². The van der Waals surface area contributed by atoms with Gasteiger partial charge < -0.3 is 16.0 Å². The van der Waals surface area contributed by atoms with E-state index in [9.17, 15) is 9.59 Å². The average molecular weight is 229 g/mol. The average Bonchev–Trinajstić information content (AvgIpc) is 2.22. The summed E-state index contributed by atoms with van der Waals surface area (Å²) < 4.78 is 0. The largest absolute Gasteiger partial charge is 0.355 e. The van der Waals surface area contributed by atoms with Gasteiger partial charge >= 0.3 is 0 Å². The zero-order valence-electron chi connectivity index (χ0n) is 10.5. The molecule has 0 aromatic carbocycles. The van der Waals surface area contributed by atoms with Gasteiger partial charge in [-0.1, -0.05) is 0 Å². The molecule has 1 unspecified atom stereocenters. The topological polar surface area (TPSA) is 75.4 Å². The zero-order valence-corrected chi connectivity index (χ0v) is 10.5. The van der Waals surface area contributed by atoms with E-state index in [1.807, 2.05) is 20.8 Å². The van der Waals surface area contributed by atoms with Gasteiger partial charge in [-0.2, -0.15) is 0 Å². The van der Waals surface area contributed by atoms with Crippen molar-refractivity contribution in [3.8, 4) is 0 Å². The third-order valence-corrected chi connectivity index (χ3v) is 2.26. The van der Waals surface area contributed by atoms with Crippen LogP contribution in [0, 0.1) is 0 Å². The number of amides is 2. The molecule has 0 rings (SSSR count). The van der Waals surface area contributed by atoms with E-state index < -0.39 is 0 Å². The van der Waals surface area contributed by atoms with Crippen molar-refractivity contribution in [3.63, 3.8) is 0 Å². The van der Waals surface area contributed by atoms with Crippen molar-refractivity contribution in [2.24, 2.45) is 5.73 Å². The van der Waals surface area contributed by atoms with Crippen molar-refractivity contribution in [1.29, 1.82) is 0 Å². The lowest BCUT2D eigenvalue weighted by Gasteiger charge is -2.20. The van der Waals surface area contributed by atoms with Crippen LogP contribution in [0.15, 0.2) is 0 Å². The number of hydrogen-bond acceptors (Lipinski definition) is 3. The fraction of sp³-hybridized carbons (Fsp3) is 0.818. The van der Waals surface area contributed by atoms with Gasteiger partial charge in [0.15, 0.2) is 0 Å². The molecule has 0 aliphatic heterocycles. The fourth-order valence-electron chi connectivity index (χ4n) is 1.31. The first-order valence-electron chi connectivity index (χ1n) is 5.81. The molecular weight excluding hydrogens is 206 g/mol. The lowest BCUT2D eigenvalue weighted by Crippen LogP contribution is -2.40. The van der Waals surface area contributed by atoms with Gasteiger partial charge in [-0.25, -0.2) is 0 Å². The minimum atomic E-state index is -0.113. The fourth-order valence-corrected chi connectivity index (χ4v) is 1.31. The molecule has 94 valence electrons. The Morgan fingerprint density at radius 3 is 2.44 bits per heavy atom. The molecule has 5 nitrogen and oxygen atoms in total. The molecule has 3 N–H and O–H groups in total. The summed E-state index contributed by atoms with van der Waals surface area (Å²) in [7, 11) is 0. The Labute approximate surface area is 97.4 Å². The van der Waals surface area contributed by atoms with Crippen LogP contribution in [0.2, 0.25) is 0 Å². The molecule has 0 fully saturated rings.